The number of carbonyl (C=O) groups is 1. The largest absolute Gasteiger partial charge is 0.466 e. The molecule has 1 heterocycles. The van der Waals surface area contributed by atoms with E-state index in [1.54, 1.807) is 0 Å². The Labute approximate surface area is 97.6 Å². The molecular formula is C12H23NO3. The van der Waals surface area contributed by atoms with Gasteiger partial charge in [0.25, 0.3) is 0 Å². The lowest BCUT2D eigenvalue weighted by atomic mass is 10.0. The van der Waals surface area contributed by atoms with Crippen LogP contribution in [0.2, 0.25) is 0 Å². The van der Waals surface area contributed by atoms with Crippen molar-refractivity contribution in [1.82, 2.24) is 4.90 Å². The third kappa shape index (κ3) is 3.76. The molecule has 1 fully saturated rings. The number of aliphatic hydroxyl groups excluding tert-OH is 1. The molecule has 0 amide bonds. The Bertz CT molecular complexity index is 230. The van der Waals surface area contributed by atoms with Crippen molar-refractivity contribution in [2.24, 2.45) is 5.92 Å². The van der Waals surface area contributed by atoms with Crippen LogP contribution in [-0.2, 0) is 9.53 Å². The molecule has 0 saturated carbocycles. The highest BCUT2D eigenvalue weighted by atomic mass is 16.5. The Balaban J connectivity index is 2.33. The minimum Gasteiger partial charge on any atom is -0.466 e. The first-order chi connectivity index (χ1) is 7.54. The summed E-state index contributed by atoms with van der Waals surface area (Å²) in [5.74, 6) is 0.222. The van der Waals surface area contributed by atoms with Crippen LogP contribution >= 0.6 is 0 Å². The van der Waals surface area contributed by atoms with Crippen LogP contribution in [0.1, 0.15) is 33.6 Å². The zero-order valence-electron chi connectivity index (χ0n) is 10.5. The minimum atomic E-state index is -0.250. The van der Waals surface area contributed by atoms with Gasteiger partial charge in [-0.05, 0) is 39.7 Å². The second-order valence-corrected chi connectivity index (χ2v) is 4.64. The smallest absolute Gasteiger partial charge is 0.307 e. The van der Waals surface area contributed by atoms with Crippen molar-refractivity contribution in [3.63, 3.8) is 0 Å². The predicted octanol–water partition coefficient (Wildman–Crippen LogP) is 1.03. The third-order valence-electron chi connectivity index (χ3n) is 3.33. The van der Waals surface area contributed by atoms with Gasteiger partial charge < -0.3 is 9.84 Å². The summed E-state index contributed by atoms with van der Waals surface area (Å²) in [5, 5.41) is 9.50. The number of likely N-dealkylation sites (tertiary alicyclic amines) is 1. The van der Waals surface area contributed by atoms with Gasteiger partial charge in [0.15, 0.2) is 0 Å². The molecule has 0 aromatic heterocycles. The fourth-order valence-electron chi connectivity index (χ4n) is 2.20. The molecule has 0 radical (unpaired) electrons. The summed E-state index contributed by atoms with van der Waals surface area (Å²) in [4.78, 5) is 13.6. The van der Waals surface area contributed by atoms with Crippen molar-refractivity contribution in [3.05, 3.63) is 0 Å². The van der Waals surface area contributed by atoms with E-state index in [2.05, 4.69) is 4.90 Å². The molecule has 1 aliphatic rings. The van der Waals surface area contributed by atoms with E-state index in [0.29, 0.717) is 18.9 Å². The molecule has 0 aliphatic carbocycles. The summed E-state index contributed by atoms with van der Waals surface area (Å²) in [6, 6.07) is 0.211. The van der Waals surface area contributed by atoms with E-state index < -0.39 is 0 Å². The SMILES string of the molecule is CCOC(=O)CC(C)N1CCC(C(C)O)C1. The molecule has 94 valence electrons. The Morgan fingerprint density at radius 2 is 2.25 bits per heavy atom. The van der Waals surface area contributed by atoms with Crippen molar-refractivity contribution in [1.29, 1.82) is 0 Å². The monoisotopic (exact) mass is 229 g/mol. The van der Waals surface area contributed by atoms with Crippen LogP contribution in [-0.4, -0.2) is 47.8 Å². The molecule has 0 spiro atoms. The lowest BCUT2D eigenvalue weighted by molar-refractivity contribution is -0.144. The Morgan fingerprint density at radius 3 is 2.75 bits per heavy atom. The van der Waals surface area contributed by atoms with Crippen LogP contribution in [0.3, 0.4) is 0 Å². The van der Waals surface area contributed by atoms with E-state index in [1.807, 2.05) is 20.8 Å². The molecule has 1 aliphatic heterocycles. The fraction of sp³-hybridized carbons (Fsp3) is 0.917. The first-order valence-electron chi connectivity index (χ1n) is 6.12. The Hall–Kier alpha value is -0.610. The number of carbonyl (C=O) groups excluding carboxylic acids is 1. The fourth-order valence-corrected chi connectivity index (χ4v) is 2.20. The highest BCUT2D eigenvalue weighted by Gasteiger charge is 2.29. The van der Waals surface area contributed by atoms with Crippen molar-refractivity contribution < 1.29 is 14.6 Å². The molecule has 0 aromatic carbocycles. The van der Waals surface area contributed by atoms with Crippen molar-refractivity contribution in [2.75, 3.05) is 19.7 Å². The average molecular weight is 229 g/mol. The Kier molecular flexibility index (Phi) is 5.22. The summed E-state index contributed by atoms with van der Waals surface area (Å²) in [6.45, 7) is 8.00. The molecule has 1 rings (SSSR count). The molecular weight excluding hydrogens is 206 g/mol. The highest BCUT2D eigenvalue weighted by molar-refractivity contribution is 5.70. The third-order valence-corrected chi connectivity index (χ3v) is 3.33. The summed E-state index contributed by atoms with van der Waals surface area (Å²) in [6.07, 6.45) is 1.21. The number of hydrogen-bond acceptors (Lipinski definition) is 4. The summed E-state index contributed by atoms with van der Waals surface area (Å²) in [7, 11) is 0. The average Bonchev–Trinajstić information content (AvgIpc) is 2.66. The first kappa shape index (κ1) is 13.5. The highest BCUT2D eigenvalue weighted by Crippen LogP contribution is 2.22. The van der Waals surface area contributed by atoms with E-state index in [4.69, 9.17) is 4.74 Å². The molecule has 1 N–H and O–H groups in total. The number of ether oxygens (including phenoxy) is 1. The second-order valence-electron chi connectivity index (χ2n) is 4.64. The van der Waals surface area contributed by atoms with Crippen molar-refractivity contribution in [3.8, 4) is 0 Å². The van der Waals surface area contributed by atoms with Crippen LogP contribution in [0.15, 0.2) is 0 Å². The van der Waals surface area contributed by atoms with Crippen LogP contribution < -0.4 is 0 Å². The van der Waals surface area contributed by atoms with E-state index in [9.17, 15) is 9.90 Å². The standard InChI is InChI=1S/C12H23NO3/c1-4-16-12(15)7-9(2)13-6-5-11(8-13)10(3)14/h9-11,14H,4-8H2,1-3H3. The van der Waals surface area contributed by atoms with Crippen LogP contribution in [0.5, 0.6) is 0 Å². The minimum absolute atomic E-state index is 0.129. The Morgan fingerprint density at radius 1 is 1.56 bits per heavy atom. The van der Waals surface area contributed by atoms with E-state index in [0.717, 1.165) is 19.5 Å². The van der Waals surface area contributed by atoms with Gasteiger partial charge in [0.1, 0.15) is 0 Å². The molecule has 0 aromatic rings. The van der Waals surface area contributed by atoms with Crippen LogP contribution in [0.25, 0.3) is 0 Å². The van der Waals surface area contributed by atoms with Gasteiger partial charge in [-0.25, -0.2) is 0 Å². The van der Waals surface area contributed by atoms with Gasteiger partial charge in [-0.1, -0.05) is 0 Å². The van der Waals surface area contributed by atoms with Gasteiger partial charge in [-0.15, -0.1) is 0 Å². The molecule has 4 nitrogen and oxygen atoms in total. The number of aliphatic hydroxyl groups is 1. The summed E-state index contributed by atoms with van der Waals surface area (Å²) < 4.78 is 4.93. The zero-order chi connectivity index (χ0) is 12.1. The molecule has 16 heavy (non-hydrogen) atoms. The first-order valence-corrected chi connectivity index (χ1v) is 6.12. The molecule has 3 atom stereocenters. The second kappa shape index (κ2) is 6.21. The van der Waals surface area contributed by atoms with Crippen LogP contribution in [0, 0.1) is 5.92 Å². The number of hydrogen-bond donors (Lipinski definition) is 1. The number of rotatable bonds is 5. The summed E-state index contributed by atoms with van der Waals surface area (Å²) >= 11 is 0. The van der Waals surface area contributed by atoms with Crippen molar-refractivity contribution >= 4 is 5.97 Å². The number of esters is 1. The van der Waals surface area contributed by atoms with Crippen molar-refractivity contribution in [2.45, 2.75) is 45.8 Å². The van der Waals surface area contributed by atoms with Gasteiger partial charge in [-0.2, -0.15) is 0 Å². The maximum Gasteiger partial charge on any atom is 0.307 e. The van der Waals surface area contributed by atoms with Gasteiger partial charge in [0.2, 0.25) is 0 Å². The molecule has 1 saturated heterocycles. The van der Waals surface area contributed by atoms with E-state index in [-0.39, 0.29) is 18.1 Å². The van der Waals surface area contributed by atoms with Gasteiger partial charge in [0, 0.05) is 12.6 Å². The van der Waals surface area contributed by atoms with Gasteiger partial charge in [-0.3, -0.25) is 9.69 Å². The quantitative estimate of drug-likeness (QED) is 0.715. The maximum absolute atomic E-state index is 11.3. The molecule has 0 bridgehead atoms. The molecule has 4 heteroatoms. The van der Waals surface area contributed by atoms with Gasteiger partial charge >= 0.3 is 5.97 Å². The molecule has 3 unspecified atom stereocenters. The van der Waals surface area contributed by atoms with Gasteiger partial charge in [0.05, 0.1) is 19.1 Å². The normalized spacial score (nSPS) is 25.4. The van der Waals surface area contributed by atoms with E-state index in [1.165, 1.54) is 0 Å². The predicted molar refractivity (Wildman–Crippen MR) is 62.1 cm³/mol. The van der Waals surface area contributed by atoms with E-state index >= 15 is 0 Å². The lowest BCUT2D eigenvalue weighted by Gasteiger charge is -2.24. The van der Waals surface area contributed by atoms with Crippen LogP contribution in [0.4, 0.5) is 0 Å². The summed E-state index contributed by atoms with van der Waals surface area (Å²) in [5.41, 5.74) is 0. The lowest BCUT2D eigenvalue weighted by Crippen LogP contribution is -2.34. The topological polar surface area (TPSA) is 49.8 Å². The zero-order valence-corrected chi connectivity index (χ0v) is 10.5. The maximum atomic E-state index is 11.3. The number of nitrogens with zero attached hydrogens (tertiary/aromatic N) is 1.